The van der Waals surface area contributed by atoms with Crippen LogP contribution >= 0.6 is 0 Å². The molecule has 0 aliphatic rings. The van der Waals surface area contributed by atoms with E-state index in [-0.39, 0.29) is 11.4 Å². The number of carboxylic acid groups (broad SMARTS) is 1. The largest absolute Gasteiger partial charge is 0.478 e. The minimum atomic E-state index is -1.05. The lowest BCUT2D eigenvalue weighted by atomic mass is 10.1. The number of nitrogens with two attached hydrogens (primary N) is 1. The highest BCUT2D eigenvalue weighted by Gasteiger charge is 2.22. The van der Waals surface area contributed by atoms with Gasteiger partial charge in [0.1, 0.15) is 0 Å². The lowest BCUT2D eigenvalue weighted by Crippen LogP contribution is -2.02. The van der Waals surface area contributed by atoms with Crippen molar-refractivity contribution in [2.24, 2.45) is 0 Å². The zero-order valence-corrected chi connectivity index (χ0v) is 12.0. The highest BCUT2D eigenvalue weighted by atomic mass is 16.4. The molecule has 3 N–H and O–H groups in total. The Bertz CT molecular complexity index is 1050. The van der Waals surface area contributed by atoms with Crippen molar-refractivity contribution in [2.75, 3.05) is 5.73 Å². The number of para-hydroxylation sites is 2. The van der Waals surface area contributed by atoms with Gasteiger partial charge in [-0.05, 0) is 18.2 Å². The van der Waals surface area contributed by atoms with Crippen LogP contribution in [0.25, 0.3) is 27.6 Å². The normalized spacial score (nSPS) is 11.1. The van der Waals surface area contributed by atoms with Crippen molar-refractivity contribution in [1.29, 1.82) is 0 Å². The van der Waals surface area contributed by atoms with E-state index in [1.54, 1.807) is 22.9 Å². The van der Waals surface area contributed by atoms with Gasteiger partial charge >= 0.3 is 5.97 Å². The number of rotatable bonds is 2. The van der Waals surface area contributed by atoms with Crippen LogP contribution in [0.1, 0.15) is 10.4 Å². The summed E-state index contributed by atoms with van der Waals surface area (Å²) < 4.78 is 1.57. The van der Waals surface area contributed by atoms with E-state index in [1.807, 2.05) is 36.4 Å². The van der Waals surface area contributed by atoms with E-state index in [4.69, 9.17) is 5.73 Å². The van der Waals surface area contributed by atoms with Gasteiger partial charge in [0.25, 0.3) is 0 Å². The molecule has 0 aliphatic heterocycles. The summed E-state index contributed by atoms with van der Waals surface area (Å²) in [6.07, 6.45) is 0. The first kappa shape index (κ1) is 13.3. The predicted molar refractivity (Wildman–Crippen MR) is 87.7 cm³/mol. The van der Waals surface area contributed by atoms with Gasteiger partial charge in [-0.15, -0.1) is 5.10 Å². The van der Waals surface area contributed by atoms with Gasteiger partial charge in [0.2, 0.25) is 0 Å². The number of fused-ring (bicyclic) bond motifs is 2. The third-order valence-corrected chi connectivity index (χ3v) is 3.75. The van der Waals surface area contributed by atoms with E-state index < -0.39 is 5.97 Å². The molecule has 2 heterocycles. The SMILES string of the molecule is Nc1nn(-c2ccccc2)c2nc3ccccc3c(C(=O)O)c12. The average Bonchev–Trinajstić information content (AvgIpc) is 2.90. The molecule has 4 aromatic rings. The molecule has 0 bridgehead atoms. The molecule has 6 nitrogen and oxygen atoms in total. The molecule has 0 fully saturated rings. The van der Waals surface area contributed by atoms with Crippen LogP contribution in [0, 0.1) is 0 Å². The maximum Gasteiger partial charge on any atom is 0.337 e. The van der Waals surface area contributed by atoms with Gasteiger partial charge in [-0.3, -0.25) is 0 Å². The minimum Gasteiger partial charge on any atom is -0.478 e. The van der Waals surface area contributed by atoms with Gasteiger partial charge in [0, 0.05) is 5.39 Å². The summed E-state index contributed by atoms with van der Waals surface area (Å²) in [5.41, 5.74) is 7.94. The number of anilines is 1. The summed E-state index contributed by atoms with van der Waals surface area (Å²) in [7, 11) is 0. The number of carbonyl (C=O) groups is 1. The first-order chi connectivity index (χ1) is 11.2. The molecule has 0 saturated carbocycles. The van der Waals surface area contributed by atoms with Gasteiger partial charge in [0.05, 0.1) is 22.2 Å². The Kier molecular flexibility index (Phi) is 2.77. The number of hydrogen-bond acceptors (Lipinski definition) is 4. The highest BCUT2D eigenvalue weighted by molar-refractivity contribution is 6.16. The number of carboxylic acids is 1. The summed E-state index contributed by atoms with van der Waals surface area (Å²) in [6, 6.07) is 16.5. The number of nitrogen functional groups attached to an aromatic ring is 1. The molecule has 0 amide bonds. The highest BCUT2D eigenvalue weighted by Crippen LogP contribution is 2.31. The molecule has 0 spiro atoms. The molecule has 2 aromatic carbocycles. The second kappa shape index (κ2) is 4.81. The first-order valence-electron chi connectivity index (χ1n) is 7.02. The van der Waals surface area contributed by atoms with Crippen molar-refractivity contribution < 1.29 is 9.90 Å². The van der Waals surface area contributed by atoms with Crippen molar-refractivity contribution in [1.82, 2.24) is 14.8 Å². The predicted octanol–water partition coefficient (Wildman–Crippen LogP) is 2.85. The fraction of sp³-hybridized carbons (Fsp3) is 0. The lowest BCUT2D eigenvalue weighted by molar-refractivity contribution is 0.0701. The zero-order valence-electron chi connectivity index (χ0n) is 12.0. The van der Waals surface area contributed by atoms with Crippen molar-refractivity contribution >= 4 is 33.7 Å². The van der Waals surface area contributed by atoms with Crippen LogP contribution in [0.5, 0.6) is 0 Å². The quantitative estimate of drug-likeness (QED) is 0.594. The Labute approximate surface area is 130 Å². The van der Waals surface area contributed by atoms with Gasteiger partial charge in [0.15, 0.2) is 11.5 Å². The Hall–Kier alpha value is -3.41. The van der Waals surface area contributed by atoms with E-state index in [2.05, 4.69) is 10.1 Å². The van der Waals surface area contributed by atoms with Crippen molar-refractivity contribution in [2.45, 2.75) is 0 Å². The molecule has 2 aromatic heterocycles. The van der Waals surface area contributed by atoms with Gasteiger partial charge in [-0.1, -0.05) is 36.4 Å². The monoisotopic (exact) mass is 304 g/mol. The fourth-order valence-corrected chi connectivity index (χ4v) is 2.77. The Morgan fingerprint density at radius 3 is 2.48 bits per heavy atom. The number of aromatic carboxylic acids is 1. The molecule has 0 radical (unpaired) electrons. The maximum atomic E-state index is 11.8. The second-order valence-electron chi connectivity index (χ2n) is 5.14. The van der Waals surface area contributed by atoms with E-state index in [0.29, 0.717) is 21.9 Å². The van der Waals surface area contributed by atoms with Crippen molar-refractivity contribution in [3.8, 4) is 5.69 Å². The van der Waals surface area contributed by atoms with Gasteiger partial charge < -0.3 is 10.8 Å². The van der Waals surface area contributed by atoms with Crippen molar-refractivity contribution in [3.63, 3.8) is 0 Å². The van der Waals surface area contributed by atoms with E-state index in [1.165, 1.54) is 0 Å². The van der Waals surface area contributed by atoms with Crippen LogP contribution < -0.4 is 5.73 Å². The standard InChI is InChI=1S/C17H12N4O2/c18-15-14-13(17(22)23)11-8-4-5-9-12(11)19-16(14)21(20-15)10-6-2-1-3-7-10/h1-9H,(H2,18,20)(H,22,23). The topological polar surface area (TPSA) is 94.0 Å². The molecular formula is C17H12N4O2. The summed E-state index contributed by atoms with van der Waals surface area (Å²) in [6.45, 7) is 0. The molecule has 0 atom stereocenters. The van der Waals surface area contributed by atoms with Crippen LogP contribution in [0.4, 0.5) is 5.82 Å². The van der Waals surface area contributed by atoms with E-state index >= 15 is 0 Å². The first-order valence-corrected chi connectivity index (χ1v) is 7.02. The Morgan fingerprint density at radius 2 is 1.74 bits per heavy atom. The van der Waals surface area contributed by atoms with Crippen LogP contribution in [0.15, 0.2) is 54.6 Å². The number of nitrogens with zero attached hydrogens (tertiary/aromatic N) is 3. The lowest BCUT2D eigenvalue weighted by Gasteiger charge is -2.06. The maximum absolute atomic E-state index is 11.8. The molecule has 0 aliphatic carbocycles. The summed E-state index contributed by atoms with van der Waals surface area (Å²) >= 11 is 0. The van der Waals surface area contributed by atoms with Gasteiger partial charge in [-0.2, -0.15) is 0 Å². The molecule has 0 saturated heterocycles. The second-order valence-corrected chi connectivity index (χ2v) is 5.14. The van der Waals surface area contributed by atoms with Crippen LogP contribution in [-0.2, 0) is 0 Å². The summed E-state index contributed by atoms with van der Waals surface area (Å²) in [5.74, 6) is -0.896. The van der Waals surface area contributed by atoms with E-state index in [9.17, 15) is 9.90 Å². The van der Waals surface area contributed by atoms with E-state index in [0.717, 1.165) is 5.69 Å². The summed E-state index contributed by atoms with van der Waals surface area (Å²) in [4.78, 5) is 16.4. The van der Waals surface area contributed by atoms with Crippen LogP contribution in [0.3, 0.4) is 0 Å². The molecular weight excluding hydrogens is 292 g/mol. The molecule has 23 heavy (non-hydrogen) atoms. The van der Waals surface area contributed by atoms with Gasteiger partial charge in [-0.25, -0.2) is 14.5 Å². The number of aromatic nitrogens is 3. The smallest absolute Gasteiger partial charge is 0.337 e. The third kappa shape index (κ3) is 1.92. The van der Waals surface area contributed by atoms with Crippen LogP contribution in [0.2, 0.25) is 0 Å². The fourth-order valence-electron chi connectivity index (χ4n) is 2.77. The molecule has 0 unspecified atom stereocenters. The average molecular weight is 304 g/mol. The number of benzene rings is 2. The van der Waals surface area contributed by atoms with Crippen molar-refractivity contribution in [3.05, 3.63) is 60.2 Å². The number of hydrogen-bond donors (Lipinski definition) is 2. The molecule has 112 valence electrons. The number of pyridine rings is 1. The zero-order chi connectivity index (χ0) is 16.0. The molecule has 4 rings (SSSR count). The Balaban J connectivity index is 2.20. The summed E-state index contributed by atoms with van der Waals surface area (Å²) in [5, 5.41) is 14.9. The Morgan fingerprint density at radius 1 is 1.04 bits per heavy atom. The minimum absolute atomic E-state index is 0.130. The third-order valence-electron chi connectivity index (χ3n) is 3.75. The van der Waals surface area contributed by atoms with Crippen LogP contribution in [-0.4, -0.2) is 25.8 Å². The molecule has 6 heteroatoms.